The van der Waals surface area contributed by atoms with Gasteiger partial charge in [0, 0.05) is 17.6 Å². The van der Waals surface area contributed by atoms with Crippen LogP contribution in [0.25, 0.3) is 0 Å². The molecular weight excluding hydrogens is 364 g/mol. The molecule has 3 rings (SSSR count). The summed E-state index contributed by atoms with van der Waals surface area (Å²) in [6, 6.07) is 4.53. The number of amides is 3. The minimum Gasteiger partial charge on any atom is -0.337 e. The summed E-state index contributed by atoms with van der Waals surface area (Å²) < 4.78 is 0.778. The maximum Gasteiger partial charge on any atom is 0.256 e. The van der Waals surface area contributed by atoms with Crippen LogP contribution in [0.15, 0.2) is 22.7 Å². The van der Waals surface area contributed by atoms with E-state index in [2.05, 4.69) is 26.6 Å². The first-order valence-electron chi connectivity index (χ1n) is 7.35. The van der Waals surface area contributed by atoms with E-state index in [1.807, 2.05) is 0 Å². The van der Waals surface area contributed by atoms with Crippen molar-refractivity contribution in [3.63, 3.8) is 0 Å². The Morgan fingerprint density at radius 1 is 1.39 bits per heavy atom. The Morgan fingerprint density at radius 3 is 2.91 bits per heavy atom. The van der Waals surface area contributed by atoms with Crippen molar-refractivity contribution in [3.05, 3.63) is 28.2 Å². The van der Waals surface area contributed by atoms with Gasteiger partial charge in [0.15, 0.2) is 0 Å². The molecule has 0 aliphatic carbocycles. The van der Waals surface area contributed by atoms with Crippen molar-refractivity contribution in [1.29, 1.82) is 0 Å². The van der Waals surface area contributed by atoms with Crippen molar-refractivity contribution in [2.75, 3.05) is 38.5 Å². The normalized spacial score (nSPS) is 20.5. The van der Waals surface area contributed by atoms with E-state index in [0.29, 0.717) is 24.3 Å². The molecule has 1 fully saturated rings. The van der Waals surface area contributed by atoms with Gasteiger partial charge in [-0.1, -0.05) is 15.9 Å². The molecule has 3 amide bonds. The number of likely N-dealkylation sites (N-methyl/N-ethyl adjacent to an activating group) is 1. The molecule has 8 heteroatoms. The molecule has 1 saturated heterocycles. The second-order valence-corrected chi connectivity index (χ2v) is 6.48. The van der Waals surface area contributed by atoms with E-state index < -0.39 is 6.04 Å². The minimum absolute atomic E-state index is 0.0723. The molecule has 1 atom stereocenters. The van der Waals surface area contributed by atoms with Crippen molar-refractivity contribution >= 4 is 39.3 Å². The highest BCUT2D eigenvalue weighted by atomic mass is 79.9. The number of fused-ring (bicyclic) bond motifs is 2. The van der Waals surface area contributed by atoms with Gasteiger partial charge < -0.3 is 20.4 Å². The topological polar surface area (TPSA) is 81.8 Å². The molecule has 0 aromatic heterocycles. The molecule has 1 aromatic carbocycles. The van der Waals surface area contributed by atoms with Crippen LogP contribution >= 0.6 is 15.9 Å². The average molecular weight is 381 g/mol. The predicted octanol–water partition coefficient (Wildman–Crippen LogP) is 0.274. The number of halogens is 1. The molecule has 0 spiro atoms. The van der Waals surface area contributed by atoms with E-state index >= 15 is 0 Å². The molecule has 0 bridgehead atoms. The third-order valence-corrected chi connectivity index (χ3v) is 4.59. The number of benzene rings is 1. The van der Waals surface area contributed by atoms with Gasteiger partial charge in [0.1, 0.15) is 6.04 Å². The Balaban J connectivity index is 1.89. The molecule has 2 aliphatic heterocycles. The molecule has 0 saturated carbocycles. The van der Waals surface area contributed by atoms with Crippen molar-refractivity contribution in [2.24, 2.45) is 0 Å². The number of nitrogens with one attached hydrogen (secondary N) is 2. The molecule has 2 heterocycles. The second kappa shape index (κ2) is 6.29. The van der Waals surface area contributed by atoms with Crippen LogP contribution in [0, 0.1) is 0 Å². The Bertz CT molecular complexity index is 679. The van der Waals surface area contributed by atoms with E-state index in [0.717, 1.165) is 4.47 Å². The Morgan fingerprint density at radius 2 is 2.17 bits per heavy atom. The monoisotopic (exact) mass is 380 g/mol. The zero-order valence-corrected chi connectivity index (χ0v) is 14.2. The molecule has 0 unspecified atom stereocenters. The van der Waals surface area contributed by atoms with E-state index in [1.54, 1.807) is 35.0 Å². The van der Waals surface area contributed by atoms with Gasteiger partial charge in [-0.3, -0.25) is 14.4 Å². The first-order chi connectivity index (χ1) is 11.0. The van der Waals surface area contributed by atoms with Gasteiger partial charge >= 0.3 is 0 Å². The maximum absolute atomic E-state index is 12.8. The summed E-state index contributed by atoms with van der Waals surface area (Å²) in [5.74, 6) is -0.524. The highest BCUT2D eigenvalue weighted by molar-refractivity contribution is 9.10. The first kappa shape index (κ1) is 15.9. The van der Waals surface area contributed by atoms with Crippen molar-refractivity contribution < 1.29 is 14.4 Å². The van der Waals surface area contributed by atoms with Crippen LogP contribution in [0.5, 0.6) is 0 Å². The maximum atomic E-state index is 12.8. The highest BCUT2D eigenvalue weighted by Crippen LogP contribution is 2.28. The summed E-state index contributed by atoms with van der Waals surface area (Å²) in [6.45, 7) is 1.21. The summed E-state index contributed by atoms with van der Waals surface area (Å²) in [6.07, 6.45) is 0. The summed E-state index contributed by atoms with van der Waals surface area (Å²) in [7, 11) is 1.70. The van der Waals surface area contributed by atoms with E-state index in [1.165, 1.54) is 0 Å². The van der Waals surface area contributed by atoms with Crippen LogP contribution in [0.3, 0.4) is 0 Å². The Kier molecular flexibility index (Phi) is 4.36. The number of hydrogen-bond donors (Lipinski definition) is 2. The number of rotatable bonds is 2. The molecule has 23 heavy (non-hydrogen) atoms. The average Bonchev–Trinajstić information content (AvgIpc) is 2.64. The summed E-state index contributed by atoms with van der Waals surface area (Å²) in [5.41, 5.74) is 0.968. The van der Waals surface area contributed by atoms with Gasteiger partial charge in [0.05, 0.1) is 24.3 Å². The van der Waals surface area contributed by atoms with Crippen molar-refractivity contribution in [3.8, 4) is 0 Å². The summed E-state index contributed by atoms with van der Waals surface area (Å²) >= 11 is 3.35. The van der Waals surface area contributed by atoms with Gasteiger partial charge in [-0.25, -0.2) is 0 Å². The zero-order valence-electron chi connectivity index (χ0n) is 12.6. The number of piperazine rings is 1. The lowest BCUT2D eigenvalue weighted by atomic mass is 10.1. The minimum atomic E-state index is -0.664. The lowest BCUT2D eigenvalue weighted by Gasteiger charge is -2.39. The van der Waals surface area contributed by atoms with Gasteiger partial charge in [-0.05, 0) is 25.2 Å². The molecule has 1 aromatic rings. The van der Waals surface area contributed by atoms with Crippen LogP contribution in [0.2, 0.25) is 0 Å². The van der Waals surface area contributed by atoms with Crippen LogP contribution in [0.1, 0.15) is 10.4 Å². The number of carbonyl (C=O) groups excluding carboxylic acids is 3. The standard InChI is InChI=1S/C15H17BrN4O3/c1-17-7-13(21)19-4-5-20-12(8-19)14(22)18-11-3-2-9(16)6-10(11)15(20)23/h2-3,6,12,17H,4-5,7-8H2,1H3,(H,18,22)/t12-/m1/s1. The molecule has 122 valence electrons. The fraction of sp³-hybridized carbons (Fsp3) is 0.400. The molecule has 7 nitrogen and oxygen atoms in total. The fourth-order valence-corrected chi connectivity index (χ4v) is 3.27. The molecular formula is C15H17BrN4O3. The van der Waals surface area contributed by atoms with Gasteiger partial charge in [-0.15, -0.1) is 0 Å². The molecule has 2 N–H and O–H groups in total. The van der Waals surface area contributed by atoms with Crippen LogP contribution < -0.4 is 10.6 Å². The predicted molar refractivity (Wildman–Crippen MR) is 88.1 cm³/mol. The lowest BCUT2D eigenvalue weighted by molar-refractivity contribution is -0.134. The summed E-state index contributed by atoms with van der Waals surface area (Å²) in [5, 5.41) is 5.61. The number of carbonyl (C=O) groups is 3. The van der Waals surface area contributed by atoms with E-state index in [-0.39, 0.29) is 30.8 Å². The van der Waals surface area contributed by atoms with Crippen LogP contribution in [0.4, 0.5) is 5.69 Å². The third kappa shape index (κ3) is 2.96. The number of anilines is 1. The zero-order chi connectivity index (χ0) is 16.6. The molecule has 0 radical (unpaired) electrons. The summed E-state index contributed by atoms with van der Waals surface area (Å²) in [4.78, 5) is 40.5. The van der Waals surface area contributed by atoms with Gasteiger partial charge in [-0.2, -0.15) is 0 Å². The van der Waals surface area contributed by atoms with E-state index in [9.17, 15) is 14.4 Å². The number of nitrogens with zero attached hydrogens (tertiary/aromatic N) is 2. The highest BCUT2D eigenvalue weighted by Gasteiger charge is 2.40. The second-order valence-electron chi connectivity index (χ2n) is 5.56. The van der Waals surface area contributed by atoms with Gasteiger partial charge in [0.25, 0.3) is 5.91 Å². The quantitative estimate of drug-likeness (QED) is 0.771. The smallest absolute Gasteiger partial charge is 0.256 e. The fourth-order valence-electron chi connectivity index (χ4n) is 2.91. The first-order valence-corrected chi connectivity index (χ1v) is 8.14. The van der Waals surface area contributed by atoms with Gasteiger partial charge in [0.2, 0.25) is 11.8 Å². The number of hydrogen-bond acceptors (Lipinski definition) is 4. The Hall–Kier alpha value is -1.93. The van der Waals surface area contributed by atoms with Crippen LogP contribution in [-0.2, 0) is 9.59 Å². The van der Waals surface area contributed by atoms with Crippen LogP contribution in [-0.4, -0.2) is 66.8 Å². The van der Waals surface area contributed by atoms with E-state index in [4.69, 9.17) is 0 Å². The lowest BCUT2D eigenvalue weighted by Crippen LogP contribution is -2.60. The SMILES string of the molecule is CNCC(=O)N1CCN2C(=O)c3cc(Br)ccc3NC(=O)[C@H]2C1. The van der Waals surface area contributed by atoms with Crippen molar-refractivity contribution in [2.45, 2.75) is 6.04 Å². The van der Waals surface area contributed by atoms with Crippen molar-refractivity contribution in [1.82, 2.24) is 15.1 Å². The Labute approximate surface area is 142 Å². The molecule has 2 aliphatic rings. The largest absolute Gasteiger partial charge is 0.337 e. The third-order valence-electron chi connectivity index (χ3n) is 4.09.